The molecule has 0 aliphatic heterocycles. The number of pyridine rings is 2. The lowest BCUT2D eigenvalue weighted by molar-refractivity contribution is 0.738. The molecule has 2 aromatic heterocycles. The number of fused-ring (bicyclic) bond motifs is 1. The Labute approximate surface area is 81.0 Å². The average Bonchev–Trinajstić information content (AvgIpc) is 3.01. The number of hydrogen-bond donors (Lipinski definition) is 0. The Morgan fingerprint density at radius 1 is 1.29 bits per heavy atom. The van der Waals surface area contributed by atoms with Crippen molar-refractivity contribution in [1.29, 1.82) is 0 Å². The molecular formula is C11H10N2O. The summed E-state index contributed by atoms with van der Waals surface area (Å²) in [5.41, 5.74) is 1.05. The van der Waals surface area contributed by atoms with Crippen molar-refractivity contribution in [2.75, 3.05) is 0 Å². The van der Waals surface area contributed by atoms with Crippen LogP contribution < -0.4 is 5.56 Å². The van der Waals surface area contributed by atoms with Crippen molar-refractivity contribution in [3.63, 3.8) is 0 Å². The van der Waals surface area contributed by atoms with Gasteiger partial charge in [0.15, 0.2) is 0 Å². The van der Waals surface area contributed by atoms with Crippen molar-refractivity contribution in [3.8, 4) is 0 Å². The summed E-state index contributed by atoms with van der Waals surface area (Å²) in [6, 6.07) is 5.85. The standard InChI is InChI=1S/C11H10N2O/c14-11-4-1-8-5-6-12-7-10(8)13(11)9-2-3-9/h1,4-7,9H,2-3H2. The van der Waals surface area contributed by atoms with Gasteiger partial charge in [0.2, 0.25) is 0 Å². The Bertz CT molecular complexity index is 540. The first kappa shape index (κ1) is 7.74. The van der Waals surface area contributed by atoms with Gasteiger partial charge in [0.05, 0.1) is 11.7 Å². The summed E-state index contributed by atoms with van der Waals surface area (Å²) >= 11 is 0. The quantitative estimate of drug-likeness (QED) is 0.679. The third kappa shape index (κ3) is 1.05. The average molecular weight is 186 g/mol. The van der Waals surface area contributed by atoms with Crippen LogP contribution in [0.4, 0.5) is 0 Å². The molecule has 14 heavy (non-hydrogen) atoms. The molecule has 0 atom stereocenters. The van der Waals surface area contributed by atoms with E-state index in [0.29, 0.717) is 6.04 Å². The van der Waals surface area contributed by atoms with Gasteiger partial charge in [-0.3, -0.25) is 9.78 Å². The fourth-order valence-corrected chi connectivity index (χ4v) is 1.81. The van der Waals surface area contributed by atoms with Crippen LogP contribution >= 0.6 is 0 Å². The third-order valence-electron chi connectivity index (χ3n) is 2.65. The topological polar surface area (TPSA) is 34.9 Å². The summed E-state index contributed by atoms with van der Waals surface area (Å²) in [4.78, 5) is 15.7. The van der Waals surface area contributed by atoms with Crippen LogP contribution in [-0.2, 0) is 0 Å². The van der Waals surface area contributed by atoms with Crippen molar-refractivity contribution >= 4 is 10.9 Å². The van der Waals surface area contributed by atoms with Gasteiger partial charge in [0.25, 0.3) is 5.56 Å². The van der Waals surface area contributed by atoms with Gasteiger partial charge >= 0.3 is 0 Å². The molecule has 3 nitrogen and oxygen atoms in total. The third-order valence-corrected chi connectivity index (χ3v) is 2.65. The molecule has 2 heterocycles. The van der Waals surface area contributed by atoms with E-state index in [1.807, 2.05) is 16.7 Å². The van der Waals surface area contributed by atoms with E-state index in [1.54, 1.807) is 18.5 Å². The molecule has 1 saturated carbocycles. The molecular weight excluding hydrogens is 176 g/mol. The zero-order valence-electron chi connectivity index (χ0n) is 7.68. The predicted octanol–water partition coefficient (Wildman–Crippen LogP) is 1.73. The first-order valence-corrected chi connectivity index (χ1v) is 4.81. The molecule has 2 aromatic rings. The lowest BCUT2D eigenvalue weighted by Gasteiger charge is -2.06. The predicted molar refractivity (Wildman–Crippen MR) is 54.3 cm³/mol. The molecule has 70 valence electrons. The minimum absolute atomic E-state index is 0.0907. The Kier molecular flexibility index (Phi) is 1.48. The maximum Gasteiger partial charge on any atom is 0.251 e. The van der Waals surface area contributed by atoms with E-state index in [0.717, 1.165) is 23.7 Å². The van der Waals surface area contributed by atoms with Gasteiger partial charge in [-0.2, -0.15) is 0 Å². The van der Waals surface area contributed by atoms with E-state index in [2.05, 4.69) is 4.98 Å². The summed E-state index contributed by atoms with van der Waals surface area (Å²) in [5.74, 6) is 0. The van der Waals surface area contributed by atoms with Crippen LogP contribution in [0.3, 0.4) is 0 Å². The van der Waals surface area contributed by atoms with Gasteiger partial charge < -0.3 is 4.57 Å². The zero-order valence-corrected chi connectivity index (χ0v) is 7.68. The first-order valence-electron chi connectivity index (χ1n) is 4.81. The van der Waals surface area contributed by atoms with Crippen LogP contribution in [0.25, 0.3) is 10.9 Å². The lowest BCUT2D eigenvalue weighted by atomic mass is 10.2. The fraction of sp³-hybridized carbons (Fsp3) is 0.273. The summed E-state index contributed by atoms with van der Waals surface area (Å²) in [5, 5.41) is 1.09. The molecule has 0 radical (unpaired) electrons. The second kappa shape index (κ2) is 2.67. The SMILES string of the molecule is O=c1ccc2ccncc2n1C1CC1. The van der Waals surface area contributed by atoms with Crippen LogP contribution in [-0.4, -0.2) is 9.55 Å². The monoisotopic (exact) mass is 186 g/mol. The number of nitrogens with zero attached hydrogens (tertiary/aromatic N) is 2. The van der Waals surface area contributed by atoms with Gasteiger partial charge in [0.1, 0.15) is 0 Å². The second-order valence-electron chi connectivity index (χ2n) is 3.71. The van der Waals surface area contributed by atoms with Crippen molar-refractivity contribution < 1.29 is 0 Å². The molecule has 1 aliphatic rings. The first-order chi connectivity index (χ1) is 6.86. The van der Waals surface area contributed by atoms with Gasteiger partial charge in [-0.25, -0.2) is 0 Å². The molecule has 1 fully saturated rings. The Balaban J connectivity index is 2.42. The van der Waals surface area contributed by atoms with E-state index < -0.39 is 0 Å². The van der Waals surface area contributed by atoms with Crippen molar-refractivity contribution in [2.45, 2.75) is 18.9 Å². The van der Waals surface area contributed by atoms with Crippen LogP contribution in [0, 0.1) is 0 Å². The maximum absolute atomic E-state index is 11.6. The van der Waals surface area contributed by atoms with E-state index in [4.69, 9.17) is 0 Å². The minimum atomic E-state index is 0.0907. The highest BCUT2D eigenvalue weighted by Gasteiger charge is 2.25. The highest BCUT2D eigenvalue weighted by atomic mass is 16.1. The van der Waals surface area contributed by atoms with Crippen LogP contribution in [0.1, 0.15) is 18.9 Å². The van der Waals surface area contributed by atoms with Crippen LogP contribution in [0.5, 0.6) is 0 Å². The van der Waals surface area contributed by atoms with Crippen LogP contribution in [0.2, 0.25) is 0 Å². The Hall–Kier alpha value is -1.64. The Morgan fingerprint density at radius 2 is 2.14 bits per heavy atom. The summed E-state index contributed by atoms with van der Waals surface area (Å²) in [6.45, 7) is 0. The zero-order chi connectivity index (χ0) is 9.54. The molecule has 0 aromatic carbocycles. The van der Waals surface area contributed by atoms with Crippen molar-refractivity contribution in [3.05, 3.63) is 40.9 Å². The summed E-state index contributed by atoms with van der Waals surface area (Å²) in [6.07, 6.45) is 5.76. The van der Waals surface area contributed by atoms with Gasteiger partial charge in [-0.15, -0.1) is 0 Å². The van der Waals surface area contributed by atoms with E-state index in [1.165, 1.54) is 0 Å². The van der Waals surface area contributed by atoms with E-state index in [-0.39, 0.29) is 5.56 Å². The van der Waals surface area contributed by atoms with E-state index >= 15 is 0 Å². The van der Waals surface area contributed by atoms with Gasteiger partial charge in [-0.1, -0.05) is 0 Å². The molecule has 0 saturated heterocycles. The van der Waals surface area contributed by atoms with Gasteiger partial charge in [-0.05, 0) is 25.0 Å². The number of rotatable bonds is 1. The minimum Gasteiger partial charge on any atom is -0.304 e. The summed E-state index contributed by atoms with van der Waals surface area (Å²) < 4.78 is 1.86. The Morgan fingerprint density at radius 3 is 2.93 bits per heavy atom. The summed E-state index contributed by atoms with van der Waals surface area (Å²) in [7, 11) is 0. The molecule has 3 heteroatoms. The molecule has 0 N–H and O–H groups in total. The highest BCUT2D eigenvalue weighted by Crippen LogP contribution is 2.35. The number of hydrogen-bond acceptors (Lipinski definition) is 2. The molecule has 0 unspecified atom stereocenters. The molecule has 0 amide bonds. The van der Waals surface area contributed by atoms with Gasteiger partial charge in [0, 0.05) is 23.7 Å². The van der Waals surface area contributed by atoms with Crippen molar-refractivity contribution in [1.82, 2.24) is 9.55 Å². The van der Waals surface area contributed by atoms with E-state index in [9.17, 15) is 4.79 Å². The smallest absolute Gasteiger partial charge is 0.251 e. The van der Waals surface area contributed by atoms with Crippen molar-refractivity contribution in [2.24, 2.45) is 0 Å². The van der Waals surface area contributed by atoms with Crippen LogP contribution in [0.15, 0.2) is 35.4 Å². The second-order valence-corrected chi connectivity index (χ2v) is 3.71. The number of aromatic nitrogens is 2. The fourth-order valence-electron chi connectivity index (χ4n) is 1.81. The molecule has 0 spiro atoms. The largest absolute Gasteiger partial charge is 0.304 e. The molecule has 0 bridgehead atoms. The molecule has 1 aliphatic carbocycles. The maximum atomic E-state index is 11.6. The normalized spacial score (nSPS) is 16.0. The molecule has 3 rings (SSSR count). The highest BCUT2D eigenvalue weighted by molar-refractivity contribution is 5.77. The lowest BCUT2D eigenvalue weighted by Crippen LogP contribution is -2.17.